The minimum atomic E-state index is -2.41. The van der Waals surface area contributed by atoms with Gasteiger partial charge < -0.3 is 0 Å². The molecule has 0 N–H and O–H groups in total. The van der Waals surface area contributed by atoms with Crippen LogP contribution >= 0.6 is 0 Å². The maximum atomic E-state index is 13.2. The van der Waals surface area contributed by atoms with Crippen LogP contribution in [0.4, 0.5) is 8.78 Å². The van der Waals surface area contributed by atoms with E-state index >= 15 is 0 Å². The molecule has 72 valence electrons. The van der Waals surface area contributed by atoms with Crippen molar-refractivity contribution in [3.8, 4) is 0 Å². The largest absolute Gasteiger partial charge is 0.255 e. The quantitative estimate of drug-likeness (QED) is 0.573. The summed E-state index contributed by atoms with van der Waals surface area (Å²) in [5, 5.41) is 0. The van der Waals surface area contributed by atoms with Gasteiger partial charge in [0.2, 0.25) is 0 Å². The highest BCUT2D eigenvalue weighted by atomic mass is 19.3. The SMILES string of the molecule is CC(C)C1C(C(C)(C)C)C1(F)F. The molecule has 2 unspecified atom stereocenters. The van der Waals surface area contributed by atoms with Crippen molar-refractivity contribution < 1.29 is 8.78 Å². The molecule has 0 radical (unpaired) electrons. The van der Waals surface area contributed by atoms with E-state index in [4.69, 9.17) is 0 Å². The number of rotatable bonds is 1. The molecular formula is C10H18F2. The van der Waals surface area contributed by atoms with Crippen molar-refractivity contribution in [2.75, 3.05) is 0 Å². The van der Waals surface area contributed by atoms with Crippen molar-refractivity contribution in [1.82, 2.24) is 0 Å². The summed E-state index contributed by atoms with van der Waals surface area (Å²) in [7, 11) is 0. The van der Waals surface area contributed by atoms with Gasteiger partial charge in [0.1, 0.15) is 0 Å². The molecule has 1 fully saturated rings. The lowest BCUT2D eigenvalue weighted by Crippen LogP contribution is -2.13. The fourth-order valence-electron chi connectivity index (χ4n) is 2.30. The highest BCUT2D eigenvalue weighted by molar-refractivity contribution is 5.10. The van der Waals surface area contributed by atoms with Gasteiger partial charge in [-0.15, -0.1) is 0 Å². The van der Waals surface area contributed by atoms with Gasteiger partial charge in [-0.25, -0.2) is 8.78 Å². The molecule has 2 heteroatoms. The Bertz CT molecular complexity index is 177. The van der Waals surface area contributed by atoms with E-state index in [0.717, 1.165) is 0 Å². The lowest BCUT2D eigenvalue weighted by Gasteiger charge is -2.17. The minimum Gasteiger partial charge on any atom is -0.206 e. The maximum Gasteiger partial charge on any atom is 0.255 e. The Balaban J connectivity index is 2.73. The number of alkyl halides is 2. The summed E-state index contributed by atoms with van der Waals surface area (Å²) in [5.74, 6) is -3.11. The smallest absolute Gasteiger partial charge is 0.206 e. The predicted molar refractivity (Wildman–Crippen MR) is 46.2 cm³/mol. The van der Waals surface area contributed by atoms with Crippen LogP contribution in [0.25, 0.3) is 0 Å². The lowest BCUT2D eigenvalue weighted by molar-refractivity contribution is 0.0591. The number of hydrogen-bond acceptors (Lipinski definition) is 0. The molecule has 1 saturated carbocycles. The molecule has 1 aliphatic carbocycles. The van der Waals surface area contributed by atoms with Crippen molar-refractivity contribution in [2.45, 2.75) is 40.5 Å². The third-order valence-corrected chi connectivity index (χ3v) is 2.76. The van der Waals surface area contributed by atoms with Gasteiger partial charge in [0.05, 0.1) is 0 Å². The van der Waals surface area contributed by atoms with Gasteiger partial charge in [-0.3, -0.25) is 0 Å². The zero-order valence-corrected chi connectivity index (χ0v) is 8.49. The van der Waals surface area contributed by atoms with Gasteiger partial charge in [0.15, 0.2) is 0 Å². The molecule has 12 heavy (non-hydrogen) atoms. The molecule has 1 aliphatic rings. The molecule has 0 aromatic carbocycles. The van der Waals surface area contributed by atoms with E-state index in [2.05, 4.69) is 0 Å². The molecule has 0 bridgehead atoms. The zero-order valence-electron chi connectivity index (χ0n) is 8.49. The van der Waals surface area contributed by atoms with Crippen LogP contribution in [0.5, 0.6) is 0 Å². The van der Waals surface area contributed by atoms with Crippen LogP contribution in [0.2, 0.25) is 0 Å². The highest BCUT2D eigenvalue weighted by Crippen LogP contribution is 2.65. The molecule has 0 nitrogen and oxygen atoms in total. The molecule has 0 aromatic rings. The molecule has 1 rings (SSSR count). The van der Waals surface area contributed by atoms with Gasteiger partial charge in [-0.1, -0.05) is 34.6 Å². The zero-order chi connectivity index (χ0) is 9.73. The van der Waals surface area contributed by atoms with Crippen molar-refractivity contribution >= 4 is 0 Å². The monoisotopic (exact) mass is 176 g/mol. The second-order valence-corrected chi connectivity index (χ2v) is 5.29. The Kier molecular flexibility index (Phi) is 2.01. The molecule has 0 aliphatic heterocycles. The van der Waals surface area contributed by atoms with Crippen LogP contribution < -0.4 is 0 Å². The van der Waals surface area contributed by atoms with E-state index in [1.807, 2.05) is 34.6 Å². The standard InChI is InChI=1S/C10H18F2/c1-6(2)7-8(9(3,4)5)10(7,11)12/h6-8H,1-5H3. The van der Waals surface area contributed by atoms with Crippen molar-refractivity contribution in [1.29, 1.82) is 0 Å². The van der Waals surface area contributed by atoms with Crippen LogP contribution in [0, 0.1) is 23.2 Å². The van der Waals surface area contributed by atoms with Gasteiger partial charge >= 0.3 is 0 Å². The Labute approximate surface area is 73.3 Å². The van der Waals surface area contributed by atoms with E-state index in [-0.39, 0.29) is 11.3 Å². The first-order valence-electron chi connectivity index (χ1n) is 4.57. The van der Waals surface area contributed by atoms with E-state index in [1.165, 1.54) is 0 Å². The topological polar surface area (TPSA) is 0 Å². The Hall–Kier alpha value is -0.140. The second kappa shape index (κ2) is 2.43. The molecule has 0 spiro atoms. The van der Waals surface area contributed by atoms with E-state index < -0.39 is 17.8 Å². The lowest BCUT2D eigenvalue weighted by atomic mass is 9.87. The molecular weight excluding hydrogens is 158 g/mol. The average molecular weight is 176 g/mol. The summed E-state index contributed by atoms with van der Waals surface area (Å²) in [6.07, 6.45) is 0. The summed E-state index contributed by atoms with van der Waals surface area (Å²) in [5.41, 5.74) is -0.252. The summed E-state index contributed by atoms with van der Waals surface area (Å²) >= 11 is 0. The third kappa shape index (κ3) is 1.36. The summed E-state index contributed by atoms with van der Waals surface area (Å²) in [4.78, 5) is 0. The minimum absolute atomic E-state index is 0.101. The fourth-order valence-corrected chi connectivity index (χ4v) is 2.30. The summed E-state index contributed by atoms with van der Waals surface area (Å²) in [6.45, 7) is 9.45. The highest BCUT2D eigenvalue weighted by Gasteiger charge is 2.72. The molecule has 0 amide bonds. The van der Waals surface area contributed by atoms with Crippen molar-refractivity contribution in [3.05, 3.63) is 0 Å². The first kappa shape index (κ1) is 9.94. The van der Waals surface area contributed by atoms with Crippen LogP contribution in [-0.4, -0.2) is 5.92 Å². The Morgan fingerprint density at radius 2 is 1.58 bits per heavy atom. The van der Waals surface area contributed by atoms with Crippen molar-refractivity contribution in [3.63, 3.8) is 0 Å². The van der Waals surface area contributed by atoms with Gasteiger partial charge in [-0.2, -0.15) is 0 Å². The number of hydrogen-bond donors (Lipinski definition) is 0. The van der Waals surface area contributed by atoms with Gasteiger partial charge in [-0.05, 0) is 11.3 Å². The summed E-state index contributed by atoms with van der Waals surface area (Å²) < 4.78 is 26.4. The van der Waals surface area contributed by atoms with Crippen LogP contribution in [0.3, 0.4) is 0 Å². The van der Waals surface area contributed by atoms with E-state index in [9.17, 15) is 8.78 Å². The first-order valence-corrected chi connectivity index (χ1v) is 4.57. The van der Waals surface area contributed by atoms with Crippen LogP contribution in [-0.2, 0) is 0 Å². The van der Waals surface area contributed by atoms with E-state index in [0.29, 0.717) is 0 Å². The predicted octanol–water partition coefficient (Wildman–Crippen LogP) is 3.57. The van der Waals surface area contributed by atoms with Gasteiger partial charge in [0.25, 0.3) is 5.92 Å². The van der Waals surface area contributed by atoms with E-state index in [1.54, 1.807) is 0 Å². The Morgan fingerprint density at radius 3 is 1.67 bits per heavy atom. The third-order valence-electron chi connectivity index (χ3n) is 2.76. The average Bonchev–Trinajstić information content (AvgIpc) is 2.31. The van der Waals surface area contributed by atoms with Gasteiger partial charge in [0, 0.05) is 11.8 Å². The number of halogens is 2. The van der Waals surface area contributed by atoms with Crippen LogP contribution in [0.1, 0.15) is 34.6 Å². The molecule has 0 aromatic heterocycles. The van der Waals surface area contributed by atoms with Crippen LogP contribution in [0.15, 0.2) is 0 Å². The maximum absolute atomic E-state index is 13.2. The summed E-state index contributed by atoms with van der Waals surface area (Å²) in [6, 6.07) is 0. The first-order chi connectivity index (χ1) is 5.19. The molecule has 2 atom stereocenters. The van der Waals surface area contributed by atoms with Crippen molar-refractivity contribution in [2.24, 2.45) is 23.2 Å². The Morgan fingerprint density at radius 1 is 1.17 bits per heavy atom. The fraction of sp³-hybridized carbons (Fsp3) is 1.00. The second-order valence-electron chi connectivity index (χ2n) is 5.29. The molecule has 0 saturated heterocycles. The molecule has 0 heterocycles. The normalized spacial score (nSPS) is 34.0.